The molecule has 0 bridgehead atoms. The van der Waals surface area contributed by atoms with Crippen LogP contribution in [0.15, 0.2) is 67.0 Å². The highest BCUT2D eigenvalue weighted by atomic mass is 32.1. The van der Waals surface area contributed by atoms with Gasteiger partial charge in [-0.3, -0.25) is 0 Å². The lowest BCUT2D eigenvalue weighted by Crippen LogP contribution is -1.96. The molecule has 2 aromatic heterocycles. The third kappa shape index (κ3) is 2.70. The number of benzene rings is 2. The molecular weight excluding hydrogens is 318 g/mol. The molecule has 0 fully saturated rings. The first-order valence-corrected chi connectivity index (χ1v) is 8.37. The molecule has 0 aliphatic rings. The van der Waals surface area contributed by atoms with Crippen molar-refractivity contribution in [1.82, 2.24) is 9.97 Å². The summed E-state index contributed by atoms with van der Waals surface area (Å²) in [6, 6.07) is 20.2. The second-order valence-electron chi connectivity index (χ2n) is 5.24. The van der Waals surface area contributed by atoms with Gasteiger partial charge < -0.3 is 10.1 Å². The van der Waals surface area contributed by atoms with E-state index in [0.29, 0.717) is 0 Å². The maximum absolute atomic E-state index is 5.40. The van der Waals surface area contributed by atoms with Gasteiger partial charge in [0.25, 0.3) is 0 Å². The number of para-hydroxylation sites is 2. The summed E-state index contributed by atoms with van der Waals surface area (Å²) in [7, 11) is 1.66. The van der Waals surface area contributed by atoms with Crippen molar-refractivity contribution in [1.29, 1.82) is 0 Å². The summed E-state index contributed by atoms with van der Waals surface area (Å²) in [5.74, 6) is 1.57. The van der Waals surface area contributed by atoms with Crippen LogP contribution in [0.1, 0.15) is 0 Å². The van der Waals surface area contributed by atoms with Crippen molar-refractivity contribution < 1.29 is 4.74 Å². The Morgan fingerprint density at radius 3 is 2.58 bits per heavy atom. The zero-order chi connectivity index (χ0) is 16.4. The van der Waals surface area contributed by atoms with Crippen molar-refractivity contribution in [2.75, 3.05) is 12.4 Å². The minimum absolute atomic E-state index is 0.782. The van der Waals surface area contributed by atoms with Gasteiger partial charge in [0, 0.05) is 4.88 Å². The molecule has 4 rings (SSSR count). The topological polar surface area (TPSA) is 47.0 Å². The van der Waals surface area contributed by atoms with E-state index in [2.05, 4.69) is 33.5 Å². The van der Waals surface area contributed by atoms with Crippen molar-refractivity contribution in [2.24, 2.45) is 0 Å². The van der Waals surface area contributed by atoms with E-state index in [1.54, 1.807) is 24.8 Å². The Morgan fingerprint density at radius 2 is 1.75 bits per heavy atom. The van der Waals surface area contributed by atoms with E-state index in [4.69, 9.17) is 4.74 Å². The predicted octanol–water partition coefficient (Wildman–Crippen LogP) is 5.11. The molecule has 2 heterocycles. The molecule has 0 radical (unpaired) electrons. The molecule has 0 atom stereocenters. The molecular formula is C19H15N3OS. The van der Waals surface area contributed by atoms with Crippen molar-refractivity contribution in [3.05, 3.63) is 67.0 Å². The fraction of sp³-hybridized carbons (Fsp3) is 0.0526. The summed E-state index contributed by atoms with van der Waals surface area (Å²) < 4.78 is 6.43. The zero-order valence-corrected chi connectivity index (χ0v) is 13.9. The first-order chi connectivity index (χ1) is 11.8. The SMILES string of the molecule is COc1ccccc1Nc1ncnc2cc(-c3ccccc3)sc12. The molecule has 1 N–H and O–H groups in total. The van der Waals surface area contributed by atoms with Crippen molar-refractivity contribution in [3.8, 4) is 16.2 Å². The monoisotopic (exact) mass is 333 g/mol. The summed E-state index contributed by atoms with van der Waals surface area (Å²) in [6.07, 6.45) is 1.58. The fourth-order valence-electron chi connectivity index (χ4n) is 2.56. The van der Waals surface area contributed by atoms with Gasteiger partial charge >= 0.3 is 0 Å². The van der Waals surface area contributed by atoms with Crippen LogP contribution in [0.2, 0.25) is 0 Å². The van der Waals surface area contributed by atoms with Crippen molar-refractivity contribution in [3.63, 3.8) is 0 Å². The minimum atomic E-state index is 0.782. The van der Waals surface area contributed by atoms with Crippen LogP contribution in [0.3, 0.4) is 0 Å². The number of anilines is 2. The van der Waals surface area contributed by atoms with E-state index in [9.17, 15) is 0 Å². The van der Waals surface area contributed by atoms with E-state index in [1.807, 2.05) is 42.5 Å². The van der Waals surface area contributed by atoms with Gasteiger partial charge in [0.05, 0.1) is 23.0 Å². The molecule has 24 heavy (non-hydrogen) atoms. The van der Waals surface area contributed by atoms with Crippen LogP contribution in [0.5, 0.6) is 5.75 Å². The number of nitrogens with zero attached hydrogens (tertiary/aromatic N) is 2. The summed E-state index contributed by atoms with van der Waals surface area (Å²) in [6.45, 7) is 0. The Kier molecular flexibility index (Phi) is 3.84. The molecule has 0 amide bonds. The molecule has 0 spiro atoms. The highest BCUT2D eigenvalue weighted by Crippen LogP contribution is 2.37. The van der Waals surface area contributed by atoms with Crippen LogP contribution in [0.4, 0.5) is 11.5 Å². The lowest BCUT2D eigenvalue weighted by Gasteiger charge is -2.10. The molecule has 4 aromatic rings. The highest BCUT2D eigenvalue weighted by molar-refractivity contribution is 7.22. The Bertz CT molecular complexity index is 982. The third-order valence-corrected chi connectivity index (χ3v) is 4.91. The smallest absolute Gasteiger partial charge is 0.151 e. The molecule has 0 aliphatic heterocycles. The maximum Gasteiger partial charge on any atom is 0.151 e. The molecule has 2 aromatic carbocycles. The number of nitrogens with one attached hydrogen (secondary N) is 1. The van der Waals surface area contributed by atoms with Gasteiger partial charge in [0.2, 0.25) is 0 Å². The number of thiophene rings is 1. The lowest BCUT2D eigenvalue weighted by atomic mass is 10.2. The van der Waals surface area contributed by atoms with Gasteiger partial charge in [-0.05, 0) is 23.8 Å². The first-order valence-electron chi connectivity index (χ1n) is 7.55. The van der Waals surface area contributed by atoms with Gasteiger partial charge in [-0.1, -0.05) is 42.5 Å². The fourth-order valence-corrected chi connectivity index (χ4v) is 3.62. The largest absolute Gasteiger partial charge is 0.495 e. The van der Waals surface area contributed by atoms with E-state index in [0.717, 1.165) is 27.5 Å². The number of rotatable bonds is 4. The van der Waals surface area contributed by atoms with Crippen molar-refractivity contribution in [2.45, 2.75) is 0 Å². The summed E-state index contributed by atoms with van der Waals surface area (Å²) in [4.78, 5) is 9.99. The molecule has 0 aliphatic carbocycles. The van der Waals surface area contributed by atoms with E-state index < -0.39 is 0 Å². The Labute approximate surface area is 143 Å². The highest BCUT2D eigenvalue weighted by Gasteiger charge is 2.11. The Morgan fingerprint density at radius 1 is 0.958 bits per heavy atom. The summed E-state index contributed by atoms with van der Waals surface area (Å²) in [5.41, 5.74) is 3.00. The normalized spacial score (nSPS) is 10.7. The molecule has 0 saturated carbocycles. The maximum atomic E-state index is 5.40. The lowest BCUT2D eigenvalue weighted by molar-refractivity contribution is 0.417. The van der Waals surface area contributed by atoms with E-state index in [-0.39, 0.29) is 0 Å². The number of fused-ring (bicyclic) bond motifs is 1. The summed E-state index contributed by atoms with van der Waals surface area (Å²) >= 11 is 1.68. The molecule has 5 heteroatoms. The van der Waals surface area contributed by atoms with Crippen LogP contribution < -0.4 is 10.1 Å². The number of aromatic nitrogens is 2. The second-order valence-corrected chi connectivity index (χ2v) is 6.29. The van der Waals surface area contributed by atoms with Crippen LogP contribution in [0.25, 0.3) is 20.7 Å². The summed E-state index contributed by atoms with van der Waals surface area (Å²) in [5, 5.41) is 3.37. The number of methoxy groups -OCH3 is 1. The van der Waals surface area contributed by atoms with E-state index >= 15 is 0 Å². The minimum Gasteiger partial charge on any atom is -0.495 e. The molecule has 0 saturated heterocycles. The van der Waals surface area contributed by atoms with Crippen molar-refractivity contribution >= 4 is 33.1 Å². The first kappa shape index (κ1) is 14.7. The molecule has 4 nitrogen and oxygen atoms in total. The third-order valence-electron chi connectivity index (χ3n) is 3.73. The standard InChI is InChI=1S/C19H15N3OS/c1-23-16-10-6-5-9-14(16)22-19-18-15(20-12-21-19)11-17(24-18)13-7-3-2-4-8-13/h2-12H,1H3,(H,20,21,22). The Balaban J connectivity index is 1.78. The van der Waals surface area contributed by atoms with Gasteiger partial charge in [-0.2, -0.15) is 0 Å². The number of hydrogen-bond acceptors (Lipinski definition) is 5. The Hall–Kier alpha value is -2.92. The average molecular weight is 333 g/mol. The predicted molar refractivity (Wildman–Crippen MR) is 99.1 cm³/mol. The quantitative estimate of drug-likeness (QED) is 0.564. The van der Waals surface area contributed by atoms with Crippen LogP contribution in [0, 0.1) is 0 Å². The zero-order valence-electron chi connectivity index (χ0n) is 13.1. The van der Waals surface area contributed by atoms with Gasteiger partial charge in [-0.15, -0.1) is 11.3 Å². The van der Waals surface area contributed by atoms with Gasteiger partial charge in [0.15, 0.2) is 5.82 Å². The van der Waals surface area contributed by atoms with E-state index in [1.165, 1.54) is 10.4 Å². The van der Waals surface area contributed by atoms with Gasteiger partial charge in [-0.25, -0.2) is 9.97 Å². The number of ether oxygens (including phenoxy) is 1. The van der Waals surface area contributed by atoms with Gasteiger partial charge in [0.1, 0.15) is 12.1 Å². The van der Waals surface area contributed by atoms with Crippen LogP contribution in [-0.4, -0.2) is 17.1 Å². The molecule has 0 unspecified atom stereocenters. The molecule has 118 valence electrons. The second kappa shape index (κ2) is 6.29. The van der Waals surface area contributed by atoms with Crippen LogP contribution in [-0.2, 0) is 0 Å². The number of hydrogen-bond donors (Lipinski definition) is 1. The average Bonchev–Trinajstić information content (AvgIpc) is 3.08. The van der Waals surface area contributed by atoms with Crippen LogP contribution >= 0.6 is 11.3 Å².